The Morgan fingerprint density at radius 1 is 1.60 bits per heavy atom. The van der Waals surface area contributed by atoms with Gasteiger partial charge in [-0.15, -0.1) is 0 Å². The summed E-state index contributed by atoms with van der Waals surface area (Å²) in [6.07, 6.45) is 2.36. The Kier molecular flexibility index (Phi) is 2.96. The van der Waals surface area contributed by atoms with Crippen LogP contribution in [-0.2, 0) is 16.8 Å². The van der Waals surface area contributed by atoms with Crippen molar-refractivity contribution in [2.24, 2.45) is 0 Å². The number of hydrogen-bond acceptors (Lipinski definition) is 3. The van der Waals surface area contributed by atoms with Gasteiger partial charge in [0.1, 0.15) is 10.5 Å². The molecule has 3 nitrogen and oxygen atoms in total. The van der Waals surface area contributed by atoms with Crippen LogP contribution in [0.5, 0.6) is 0 Å². The molecule has 0 bridgehead atoms. The van der Waals surface area contributed by atoms with Crippen LogP contribution in [0.25, 0.3) is 0 Å². The summed E-state index contributed by atoms with van der Waals surface area (Å²) in [5.74, 6) is 0.989. The Morgan fingerprint density at radius 2 is 2.27 bits per heavy atom. The number of aromatic nitrogens is 2. The number of ether oxygens (including phenoxy) is 1. The van der Waals surface area contributed by atoms with Gasteiger partial charge in [-0.05, 0) is 28.8 Å². The third kappa shape index (κ3) is 2.14. The van der Waals surface area contributed by atoms with E-state index in [4.69, 9.17) is 17.0 Å². The fourth-order valence-corrected chi connectivity index (χ4v) is 1.98. The maximum absolute atomic E-state index is 5.21. The van der Waals surface area contributed by atoms with E-state index in [-0.39, 0.29) is 5.41 Å². The predicted molar refractivity (Wildman–Crippen MR) is 64.4 cm³/mol. The van der Waals surface area contributed by atoms with Gasteiger partial charge in [-0.1, -0.05) is 19.1 Å². The summed E-state index contributed by atoms with van der Waals surface area (Å²) >= 11 is 8.63. The first kappa shape index (κ1) is 11.2. The van der Waals surface area contributed by atoms with E-state index in [1.54, 1.807) is 7.11 Å². The quantitative estimate of drug-likeness (QED) is 0.869. The maximum Gasteiger partial charge on any atom is 0.144 e. The Morgan fingerprint density at radius 3 is 2.80 bits per heavy atom. The summed E-state index contributed by atoms with van der Waals surface area (Å²) in [6.45, 7) is 2.72. The largest absolute Gasteiger partial charge is 0.378 e. The minimum atomic E-state index is 0.205. The summed E-state index contributed by atoms with van der Waals surface area (Å²) in [4.78, 5) is 7.71. The Balaban J connectivity index is 2.46. The van der Waals surface area contributed by atoms with Crippen LogP contribution in [0.15, 0.2) is 4.47 Å². The lowest BCUT2D eigenvalue weighted by molar-refractivity contribution is 0.180. The third-order valence-electron chi connectivity index (χ3n) is 2.80. The van der Waals surface area contributed by atoms with Crippen molar-refractivity contribution in [3.63, 3.8) is 0 Å². The summed E-state index contributed by atoms with van der Waals surface area (Å²) in [5.41, 5.74) is 1.18. The van der Waals surface area contributed by atoms with Gasteiger partial charge in [0.05, 0.1) is 16.8 Å². The molecule has 0 spiro atoms. The standard InChI is InChI=1S/C10H13BrN2OS/c1-10(3-4-10)9-12-6(5-14-2)7(11)8(15)13-9/h3-5H2,1-2H3,(H,12,13,15). The highest BCUT2D eigenvalue weighted by molar-refractivity contribution is 9.10. The summed E-state index contributed by atoms with van der Waals surface area (Å²) in [6, 6.07) is 0. The van der Waals surface area contributed by atoms with Crippen LogP contribution < -0.4 is 0 Å². The molecule has 1 aromatic heterocycles. The first-order valence-corrected chi connectivity index (χ1v) is 6.05. The summed E-state index contributed by atoms with van der Waals surface area (Å²) in [5, 5.41) is 0. The fraction of sp³-hybridized carbons (Fsp3) is 0.600. The van der Waals surface area contributed by atoms with Crippen LogP contribution in [0.4, 0.5) is 0 Å². The smallest absolute Gasteiger partial charge is 0.144 e. The van der Waals surface area contributed by atoms with Crippen molar-refractivity contribution in [1.82, 2.24) is 9.97 Å². The molecule has 0 amide bonds. The predicted octanol–water partition coefficient (Wildman–Crippen LogP) is 3.10. The first-order chi connectivity index (χ1) is 7.07. The molecule has 0 radical (unpaired) electrons. The summed E-state index contributed by atoms with van der Waals surface area (Å²) in [7, 11) is 1.67. The number of H-pyrrole nitrogens is 1. The van der Waals surface area contributed by atoms with E-state index in [0.29, 0.717) is 11.2 Å². The van der Waals surface area contributed by atoms with Crippen LogP contribution in [0, 0.1) is 4.64 Å². The number of aromatic amines is 1. The molecular weight excluding hydrogens is 276 g/mol. The highest BCUT2D eigenvalue weighted by atomic mass is 79.9. The Hall–Kier alpha value is -0.260. The lowest BCUT2D eigenvalue weighted by Gasteiger charge is -2.11. The van der Waals surface area contributed by atoms with Crippen molar-refractivity contribution < 1.29 is 4.74 Å². The van der Waals surface area contributed by atoms with Gasteiger partial charge in [0.25, 0.3) is 0 Å². The number of methoxy groups -OCH3 is 1. The molecule has 0 atom stereocenters. The molecule has 0 aromatic carbocycles. The fourth-order valence-electron chi connectivity index (χ4n) is 1.46. The van der Waals surface area contributed by atoms with Crippen LogP contribution in [-0.4, -0.2) is 17.1 Å². The highest BCUT2D eigenvalue weighted by Crippen LogP contribution is 2.46. The molecule has 1 N–H and O–H groups in total. The zero-order valence-corrected chi connectivity index (χ0v) is 11.2. The molecule has 2 rings (SSSR count). The van der Waals surface area contributed by atoms with Gasteiger partial charge < -0.3 is 9.72 Å². The molecule has 1 heterocycles. The lowest BCUT2D eigenvalue weighted by Crippen LogP contribution is -2.10. The van der Waals surface area contributed by atoms with E-state index < -0.39 is 0 Å². The number of nitrogens with zero attached hydrogens (tertiary/aromatic N) is 1. The van der Waals surface area contributed by atoms with Gasteiger partial charge >= 0.3 is 0 Å². The van der Waals surface area contributed by atoms with Gasteiger partial charge in [0, 0.05) is 12.5 Å². The zero-order valence-electron chi connectivity index (χ0n) is 8.76. The Labute approximate surface area is 102 Å². The second kappa shape index (κ2) is 3.96. The van der Waals surface area contributed by atoms with Crippen LogP contribution in [0.1, 0.15) is 31.3 Å². The second-order valence-electron chi connectivity index (χ2n) is 4.18. The summed E-state index contributed by atoms with van der Waals surface area (Å²) < 4.78 is 6.57. The number of rotatable bonds is 3. The number of halogens is 1. The van der Waals surface area contributed by atoms with E-state index in [0.717, 1.165) is 16.0 Å². The van der Waals surface area contributed by atoms with E-state index in [9.17, 15) is 0 Å². The van der Waals surface area contributed by atoms with Crippen molar-refractivity contribution in [2.45, 2.75) is 31.8 Å². The molecule has 0 saturated heterocycles. The highest BCUT2D eigenvalue weighted by Gasteiger charge is 2.41. The topological polar surface area (TPSA) is 37.9 Å². The molecule has 5 heteroatoms. The molecule has 1 aliphatic rings. The molecule has 1 aromatic rings. The molecule has 15 heavy (non-hydrogen) atoms. The molecule has 1 fully saturated rings. The van der Waals surface area contributed by atoms with E-state index in [1.807, 2.05) is 0 Å². The van der Waals surface area contributed by atoms with Gasteiger partial charge in [0.2, 0.25) is 0 Å². The van der Waals surface area contributed by atoms with E-state index in [1.165, 1.54) is 12.8 Å². The van der Waals surface area contributed by atoms with Gasteiger partial charge in [-0.3, -0.25) is 0 Å². The van der Waals surface area contributed by atoms with Crippen molar-refractivity contribution >= 4 is 28.1 Å². The van der Waals surface area contributed by atoms with E-state index in [2.05, 4.69) is 32.8 Å². The molecular formula is C10H13BrN2OS. The van der Waals surface area contributed by atoms with Crippen molar-refractivity contribution in [2.75, 3.05) is 7.11 Å². The second-order valence-corrected chi connectivity index (χ2v) is 5.36. The third-order valence-corrected chi connectivity index (χ3v) is 4.21. The lowest BCUT2D eigenvalue weighted by atomic mass is 10.1. The van der Waals surface area contributed by atoms with E-state index >= 15 is 0 Å². The van der Waals surface area contributed by atoms with Crippen molar-refractivity contribution in [3.8, 4) is 0 Å². The first-order valence-electron chi connectivity index (χ1n) is 4.85. The average molecular weight is 289 g/mol. The molecule has 82 valence electrons. The van der Waals surface area contributed by atoms with Crippen LogP contribution in [0.2, 0.25) is 0 Å². The van der Waals surface area contributed by atoms with Crippen molar-refractivity contribution in [1.29, 1.82) is 0 Å². The Bertz CT molecular complexity index is 440. The van der Waals surface area contributed by atoms with Gasteiger partial charge in [0.15, 0.2) is 0 Å². The number of nitrogens with one attached hydrogen (secondary N) is 1. The molecule has 1 aliphatic carbocycles. The van der Waals surface area contributed by atoms with Crippen LogP contribution in [0.3, 0.4) is 0 Å². The normalized spacial score (nSPS) is 17.8. The molecule has 0 unspecified atom stereocenters. The SMILES string of the molecule is COCc1[nH]c(C2(C)CC2)nc(=S)c1Br. The van der Waals surface area contributed by atoms with Crippen molar-refractivity contribution in [3.05, 3.63) is 20.6 Å². The zero-order chi connectivity index (χ0) is 11.1. The maximum atomic E-state index is 5.21. The molecule has 0 aliphatic heterocycles. The monoisotopic (exact) mass is 288 g/mol. The van der Waals surface area contributed by atoms with Crippen LogP contribution >= 0.6 is 28.1 Å². The molecule has 1 saturated carbocycles. The minimum absolute atomic E-state index is 0.205. The number of hydrogen-bond donors (Lipinski definition) is 1. The minimum Gasteiger partial charge on any atom is -0.378 e. The van der Waals surface area contributed by atoms with Gasteiger partial charge in [-0.2, -0.15) is 0 Å². The van der Waals surface area contributed by atoms with Gasteiger partial charge in [-0.25, -0.2) is 4.98 Å². The average Bonchev–Trinajstić information content (AvgIpc) is 2.93.